The molecule has 0 aromatic rings. The maximum absolute atomic E-state index is 14.5. The third-order valence-electron chi connectivity index (χ3n) is 13.5. The summed E-state index contributed by atoms with van der Waals surface area (Å²) in [7, 11) is 0. The van der Waals surface area contributed by atoms with Gasteiger partial charge in [0.25, 0.3) is 0 Å². The molecular weight excluding hydrogens is 1040 g/mol. The number of primary amides is 2. The average molecular weight is 1120 g/mol. The van der Waals surface area contributed by atoms with Crippen molar-refractivity contribution in [2.75, 3.05) is 39.3 Å². The quantitative estimate of drug-likeness (QED) is 0.0174. The molecule has 32 nitrogen and oxygen atoms in total. The Morgan fingerprint density at radius 1 is 0.532 bits per heavy atom. The monoisotopic (exact) mass is 1120 g/mol. The van der Waals surface area contributed by atoms with Crippen LogP contribution < -0.4 is 72.0 Å². The highest BCUT2D eigenvalue weighted by Crippen LogP contribution is 2.23. The molecule has 79 heavy (non-hydrogen) atoms. The predicted molar refractivity (Wildman–Crippen MR) is 281 cm³/mol. The van der Waals surface area contributed by atoms with Gasteiger partial charge in [-0.05, 0) is 83.5 Å². The van der Waals surface area contributed by atoms with E-state index in [1.165, 1.54) is 11.8 Å². The molecule has 0 aromatic carbocycles. The Hall–Kier alpha value is -7.90. The molecule has 442 valence electrons. The molecule has 3 heterocycles. The molecule has 0 bridgehead atoms. The van der Waals surface area contributed by atoms with Crippen LogP contribution in [-0.2, 0) is 57.5 Å². The number of rotatable bonds is 31. The van der Waals surface area contributed by atoms with Gasteiger partial charge in [-0.25, -0.2) is 4.79 Å². The average Bonchev–Trinajstić information content (AvgIpc) is 4.21. The third-order valence-corrected chi connectivity index (χ3v) is 13.5. The second-order valence-corrected chi connectivity index (χ2v) is 20.0. The van der Waals surface area contributed by atoms with Gasteiger partial charge in [0.05, 0.1) is 19.1 Å². The number of likely N-dealkylation sites (tertiary alicyclic amines) is 3. The van der Waals surface area contributed by atoms with Gasteiger partial charge in [0, 0.05) is 39.1 Å². The Balaban J connectivity index is 1.81. The largest absolute Gasteiger partial charge is 0.480 e. The zero-order chi connectivity index (χ0) is 59.3. The molecule has 0 saturated carbocycles. The van der Waals surface area contributed by atoms with E-state index in [2.05, 4.69) is 41.9 Å². The van der Waals surface area contributed by atoms with Crippen molar-refractivity contribution in [1.82, 2.24) is 46.6 Å². The maximum atomic E-state index is 14.5. The molecule has 11 amide bonds. The minimum Gasteiger partial charge on any atom is -0.480 e. The predicted octanol–water partition coefficient (Wildman–Crippen LogP) is -7.80. The second kappa shape index (κ2) is 31.5. The molecule has 0 aliphatic carbocycles. The van der Waals surface area contributed by atoms with Gasteiger partial charge in [-0.1, -0.05) is 13.8 Å². The van der Waals surface area contributed by atoms with Crippen LogP contribution in [-0.4, -0.2) is 208 Å². The second-order valence-electron chi connectivity index (χ2n) is 20.0. The van der Waals surface area contributed by atoms with Crippen molar-refractivity contribution in [2.45, 2.75) is 165 Å². The molecule has 0 spiro atoms. The molecule has 3 aliphatic rings. The molecule has 32 heteroatoms. The van der Waals surface area contributed by atoms with Gasteiger partial charge in [-0.3, -0.25) is 62.7 Å². The number of nitrogens with two attached hydrogens (primary N) is 7. The van der Waals surface area contributed by atoms with Gasteiger partial charge in [0.15, 0.2) is 11.9 Å². The number of aliphatic hydroxyl groups is 1. The van der Waals surface area contributed by atoms with Crippen LogP contribution in [0.15, 0.2) is 9.98 Å². The fraction of sp³-hybridized carbons (Fsp3) is 0.702. The van der Waals surface area contributed by atoms with Gasteiger partial charge in [0.1, 0.15) is 54.4 Å². The van der Waals surface area contributed by atoms with Crippen molar-refractivity contribution in [3.8, 4) is 0 Å². The van der Waals surface area contributed by atoms with E-state index in [9.17, 15) is 67.7 Å². The molecule has 0 aromatic heterocycles. The number of nitrogens with zero attached hydrogens (tertiary/aromatic N) is 5. The number of aliphatic carboxylic acids is 1. The van der Waals surface area contributed by atoms with Gasteiger partial charge < -0.3 is 96.9 Å². The molecule has 22 N–H and O–H groups in total. The van der Waals surface area contributed by atoms with Crippen molar-refractivity contribution in [2.24, 2.45) is 56.0 Å². The lowest BCUT2D eigenvalue weighted by Crippen LogP contribution is -2.61. The zero-order valence-corrected chi connectivity index (χ0v) is 44.9. The van der Waals surface area contributed by atoms with E-state index >= 15 is 0 Å². The van der Waals surface area contributed by atoms with E-state index in [1.54, 1.807) is 13.8 Å². The highest BCUT2D eigenvalue weighted by atomic mass is 16.4. The summed E-state index contributed by atoms with van der Waals surface area (Å²) in [6, 6.07) is -13.3. The van der Waals surface area contributed by atoms with Crippen LogP contribution in [0.25, 0.3) is 0 Å². The van der Waals surface area contributed by atoms with Gasteiger partial charge in [-0.15, -0.1) is 0 Å². The number of aliphatic imine (C=N–C) groups is 2. The van der Waals surface area contributed by atoms with Crippen LogP contribution in [0, 0.1) is 5.92 Å². The Kier molecular flexibility index (Phi) is 26.1. The van der Waals surface area contributed by atoms with Crippen LogP contribution >= 0.6 is 0 Å². The summed E-state index contributed by atoms with van der Waals surface area (Å²) in [6.45, 7) is 3.90. The molecular formula is C47H80N18O14. The number of carbonyl (C=O) groups is 12. The first-order valence-corrected chi connectivity index (χ1v) is 26.2. The summed E-state index contributed by atoms with van der Waals surface area (Å²) < 4.78 is 0. The van der Waals surface area contributed by atoms with E-state index in [1.807, 2.05) is 0 Å². The number of amides is 11. The standard InChI is InChI=1S/C47H80N18O14/c1-23(2)35(62-36(69)25(48)14-15-33(49)67)44(77)64-19-7-12-31(64)41(74)61-29(22-66)39(72)59-27(10-5-17-56-47(53)54)43(76)63-18-6-11-30(63)40(73)60-28(21-34(50)68)38(71)58-26(9-4-16-55-46(51)52)37(70)57-24(3)42(75)65-20-8-13-32(65)45(78)79/h23-32,35,66H,4-22,48H2,1-3H3,(H2,49,67)(H2,50,68)(H,57,70)(H,58,71)(H,59,72)(H,60,73)(H,61,74)(H,62,69)(H,78,79)(H4,51,52,55)(H4,53,54,56)/t24-,25+,26-,27-,28+,29-,30+,31+,32-,35-/m0/s1. The summed E-state index contributed by atoms with van der Waals surface area (Å²) >= 11 is 0. The number of guanidine groups is 2. The minimum atomic E-state index is -1.72. The SMILES string of the molecule is CC(C)[C@H](NC(=O)[C@H](N)CCC(N)=O)C(=O)N1CCC[C@@H]1C(=O)N[C@@H](CO)C(=O)N[C@@H](CCCN=C(N)N)C(=O)N1CCC[C@@H]1C(=O)N[C@H](CC(N)=O)C(=O)N[C@@H](CCCN=C(N)N)C(=O)N[C@@H](C)C(=O)N1CCC[C@H]1C(=O)O. The van der Waals surface area contributed by atoms with Crippen molar-refractivity contribution < 1.29 is 67.7 Å². The molecule has 3 aliphatic heterocycles. The van der Waals surface area contributed by atoms with Crippen LogP contribution in [0.5, 0.6) is 0 Å². The number of hydrogen-bond acceptors (Lipinski definition) is 16. The van der Waals surface area contributed by atoms with Gasteiger partial charge in [0.2, 0.25) is 65.0 Å². The minimum absolute atomic E-state index is 0.00646. The first-order chi connectivity index (χ1) is 37.2. The van der Waals surface area contributed by atoms with Crippen LogP contribution in [0.4, 0.5) is 0 Å². The summed E-state index contributed by atoms with van der Waals surface area (Å²) in [5.74, 6) is -11.5. The maximum Gasteiger partial charge on any atom is 0.326 e. The summed E-state index contributed by atoms with van der Waals surface area (Å²) in [4.78, 5) is 171. The normalized spacial score (nSPS) is 19.5. The van der Waals surface area contributed by atoms with E-state index < -0.39 is 150 Å². The Morgan fingerprint density at radius 3 is 1.47 bits per heavy atom. The molecule has 3 rings (SSSR count). The van der Waals surface area contributed by atoms with E-state index in [0.717, 1.165) is 9.80 Å². The Bertz CT molecular complexity index is 2290. The van der Waals surface area contributed by atoms with Crippen LogP contribution in [0.2, 0.25) is 0 Å². The summed E-state index contributed by atoms with van der Waals surface area (Å²) in [6.07, 6.45) is 0.345. The third kappa shape index (κ3) is 20.1. The lowest BCUT2D eigenvalue weighted by molar-refractivity contribution is -0.149. The summed E-state index contributed by atoms with van der Waals surface area (Å²) in [5.41, 5.74) is 38.5. The van der Waals surface area contributed by atoms with Crippen molar-refractivity contribution in [3.05, 3.63) is 0 Å². The van der Waals surface area contributed by atoms with E-state index in [4.69, 9.17) is 40.1 Å². The van der Waals surface area contributed by atoms with Gasteiger partial charge in [-0.2, -0.15) is 0 Å². The molecule has 0 radical (unpaired) electrons. The zero-order valence-electron chi connectivity index (χ0n) is 44.9. The first kappa shape index (κ1) is 65.4. The number of nitrogens with one attached hydrogen (secondary N) is 6. The van der Waals surface area contributed by atoms with Crippen LogP contribution in [0.1, 0.15) is 104 Å². The molecule has 3 fully saturated rings. The van der Waals surface area contributed by atoms with E-state index in [-0.39, 0.29) is 109 Å². The van der Waals surface area contributed by atoms with Crippen molar-refractivity contribution in [1.29, 1.82) is 0 Å². The summed E-state index contributed by atoms with van der Waals surface area (Å²) in [5, 5.41) is 35.0. The lowest BCUT2D eigenvalue weighted by Gasteiger charge is -2.32. The fourth-order valence-corrected chi connectivity index (χ4v) is 9.32. The lowest BCUT2D eigenvalue weighted by atomic mass is 10.0. The number of hydrogen-bond donors (Lipinski definition) is 15. The fourth-order valence-electron chi connectivity index (χ4n) is 9.32. The van der Waals surface area contributed by atoms with E-state index in [0.29, 0.717) is 12.8 Å². The highest BCUT2D eigenvalue weighted by molar-refractivity contribution is 6.00. The van der Waals surface area contributed by atoms with Crippen molar-refractivity contribution >= 4 is 82.9 Å². The van der Waals surface area contributed by atoms with Gasteiger partial charge >= 0.3 is 5.97 Å². The molecule has 10 atom stereocenters. The Labute approximate surface area is 456 Å². The number of aliphatic hydroxyl groups excluding tert-OH is 1. The Morgan fingerprint density at radius 2 is 0.987 bits per heavy atom. The number of carboxylic acids is 1. The number of carbonyl (C=O) groups excluding carboxylic acids is 11. The van der Waals surface area contributed by atoms with Crippen LogP contribution in [0.3, 0.4) is 0 Å². The topological polar surface area (TPSA) is 534 Å². The molecule has 0 unspecified atom stereocenters. The molecule has 3 saturated heterocycles. The number of carboxylic acid groups (broad SMARTS) is 1. The first-order valence-electron chi connectivity index (χ1n) is 26.2. The highest BCUT2D eigenvalue weighted by Gasteiger charge is 2.43. The van der Waals surface area contributed by atoms with Crippen molar-refractivity contribution in [3.63, 3.8) is 0 Å². The smallest absolute Gasteiger partial charge is 0.326 e.